The van der Waals surface area contributed by atoms with Crippen molar-refractivity contribution in [3.8, 4) is 10.4 Å². The van der Waals surface area contributed by atoms with Crippen LogP contribution in [0.4, 0.5) is 0 Å². The predicted molar refractivity (Wildman–Crippen MR) is 50.4 cm³/mol. The van der Waals surface area contributed by atoms with E-state index >= 15 is 0 Å². The molecule has 0 bridgehead atoms. The first-order valence-corrected chi connectivity index (χ1v) is 4.84. The Bertz CT molecular complexity index is 431. The SMILES string of the molecule is c1ccc2c(c1)Cc1ncsc1-2. The van der Waals surface area contributed by atoms with Gasteiger partial charge in [0.05, 0.1) is 16.1 Å². The minimum absolute atomic E-state index is 1.02. The molecule has 0 spiro atoms. The van der Waals surface area contributed by atoms with E-state index in [4.69, 9.17) is 0 Å². The summed E-state index contributed by atoms with van der Waals surface area (Å²) in [5, 5.41) is 0. The fourth-order valence-electron chi connectivity index (χ4n) is 1.69. The zero-order valence-electron chi connectivity index (χ0n) is 6.45. The summed E-state index contributed by atoms with van der Waals surface area (Å²) < 4.78 is 0. The molecule has 2 heteroatoms. The second-order valence-electron chi connectivity index (χ2n) is 2.96. The summed E-state index contributed by atoms with van der Waals surface area (Å²) in [6.07, 6.45) is 1.02. The lowest BCUT2D eigenvalue weighted by molar-refractivity contribution is 1.15. The van der Waals surface area contributed by atoms with Crippen LogP contribution in [0.5, 0.6) is 0 Å². The monoisotopic (exact) mass is 173 g/mol. The highest BCUT2D eigenvalue weighted by molar-refractivity contribution is 7.13. The van der Waals surface area contributed by atoms with E-state index in [0.717, 1.165) is 6.42 Å². The highest BCUT2D eigenvalue weighted by Crippen LogP contribution is 2.38. The second kappa shape index (κ2) is 2.17. The second-order valence-corrected chi connectivity index (χ2v) is 3.82. The standard InChI is InChI=1S/C10H7NS/c1-2-4-8-7(3-1)5-9-10(8)12-6-11-9/h1-4,6H,5H2. The first-order valence-electron chi connectivity index (χ1n) is 3.96. The third-order valence-electron chi connectivity index (χ3n) is 2.26. The van der Waals surface area contributed by atoms with Crippen LogP contribution >= 0.6 is 11.3 Å². The number of rotatable bonds is 0. The van der Waals surface area contributed by atoms with Gasteiger partial charge in [0.25, 0.3) is 0 Å². The third kappa shape index (κ3) is 0.703. The Morgan fingerprint density at radius 1 is 1.25 bits per heavy atom. The number of fused-ring (bicyclic) bond motifs is 3. The van der Waals surface area contributed by atoms with Gasteiger partial charge in [0.15, 0.2) is 0 Å². The topological polar surface area (TPSA) is 12.9 Å². The van der Waals surface area contributed by atoms with Crippen LogP contribution in [-0.4, -0.2) is 4.98 Å². The number of nitrogens with zero attached hydrogens (tertiary/aromatic N) is 1. The average molecular weight is 173 g/mol. The maximum absolute atomic E-state index is 4.33. The zero-order valence-corrected chi connectivity index (χ0v) is 7.27. The van der Waals surface area contributed by atoms with Crippen LogP contribution in [0, 0.1) is 0 Å². The van der Waals surface area contributed by atoms with Crippen LogP contribution in [0.3, 0.4) is 0 Å². The van der Waals surface area contributed by atoms with E-state index in [1.54, 1.807) is 11.3 Å². The summed E-state index contributed by atoms with van der Waals surface area (Å²) in [5.41, 5.74) is 5.99. The Morgan fingerprint density at radius 2 is 2.17 bits per heavy atom. The van der Waals surface area contributed by atoms with Crippen molar-refractivity contribution in [2.75, 3.05) is 0 Å². The minimum Gasteiger partial charge on any atom is -0.249 e. The fraction of sp³-hybridized carbons (Fsp3) is 0.100. The van der Waals surface area contributed by atoms with Gasteiger partial charge in [0, 0.05) is 6.42 Å². The van der Waals surface area contributed by atoms with E-state index in [2.05, 4.69) is 29.2 Å². The summed E-state index contributed by atoms with van der Waals surface area (Å²) in [6, 6.07) is 8.55. The molecule has 0 aliphatic heterocycles. The Labute approximate surface area is 74.7 Å². The molecule has 1 heterocycles. The van der Waals surface area contributed by atoms with Crippen LogP contribution in [0.25, 0.3) is 10.4 Å². The van der Waals surface area contributed by atoms with Gasteiger partial charge in [0.2, 0.25) is 0 Å². The highest BCUT2D eigenvalue weighted by Gasteiger charge is 2.19. The number of benzene rings is 1. The van der Waals surface area contributed by atoms with Crippen LogP contribution in [0.1, 0.15) is 11.3 Å². The number of hydrogen-bond donors (Lipinski definition) is 0. The van der Waals surface area contributed by atoms with Crippen molar-refractivity contribution in [1.82, 2.24) is 4.98 Å². The molecular formula is C10H7NS. The maximum Gasteiger partial charge on any atom is 0.0801 e. The molecule has 58 valence electrons. The molecule has 0 amide bonds. The van der Waals surface area contributed by atoms with E-state index < -0.39 is 0 Å². The normalized spacial score (nSPS) is 12.7. The Balaban J connectivity index is 2.34. The van der Waals surface area contributed by atoms with Crippen molar-refractivity contribution < 1.29 is 0 Å². The van der Waals surface area contributed by atoms with Crippen molar-refractivity contribution in [2.24, 2.45) is 0 Å². The summed E-state index contributed by atoms with van der Waals surface area (Å²) >= 11 is 1.74. The molecule has 0 N–H and O–H groups in total. The molecule has 0 radical (unpaired) electrons. The number of thiazole rings is 1. The number of aromatic nitrogens is 1. The maximum atomic E-state index is 4.33. The fourth-order valence-corrected chi connectivity index (χ4v) is 2.56. The van der Waals surface area contributed by atoms with Crippen LogP contribution in [0.2, 0.25) is 0 Å². The molecule has 1 aromatic carbocycles. The van der Waals surface area contributed by atoms with Gasteiger partial charge in [-0.25, -0.2) is 4.98 Å². The molecule has 0 atom stereocenters. The molecular weight excluding hydrogens is 166 g/mol. The average Bonchev–Trinajstić information content (AvgIpc) is 2.62. The summed E-state index contributed by atoms with van der Waals surface area (Å²) in [4.78, 5) is 5.70. The smallest absolute Gasteiger partial charge is 0.0801 e. The van der Waals surface area contributed by atoms with Gasteiger partial charge in [-0.2, -0.15) is 0 Å². The summed E-state index contributed by atoms with van der Waals surface area (Å²) in [6.45, 7) is 0. The van der Waals surface area contributed by atoms with Gasteiger partial charge < -0.3 is 0 Å². The molecule has 1 nitrogen and oxygen atoms in total. The van der Waals surface area contributed by atoms with Crippen LogP contribution in [-0.2, 0) is 6.42 Å². The van der Waals surface area contributed by atoms with E-state index in [0.29, 0.717) is 0 Å². The van der Waals surface area contributed by atoms with Crippen molar-refractivity contribution >= 4 is 11.3 Å². The number of hydrogen-bond acceptors (Lipinski definition) is 2. The molecule has 0 saturated carbocycles. The van der Waals surface area contributed by atoms with Gasteiger partial charge >= 0.3 is 0 Å². The van der Waals surface area contributed by atoms with Crippen molar-refractivity contribution in [3.05, 3.63) is 41.0 Å². The van der Waals surface area contributed by atoms with E-state index in [9.17, 15) is 0 Å². The molecule has 2 aromatic rings. The lowest BCUT2D eigenvalue weighted by Gasteiger charge is -1.94. The van der Waals surface area contributed by atoms with Gasteiger partial charge in [-0.3, -0.25) is 0 Å². The van der Waals surface area contributed by atoms with Gasteiger partial charge in [-0.05, 0) is 11.1 Å². The first kappa shape index (κ1) is 6.38. The van der Waals surface area contributed by atoms with Crippen molar-refractivity contribution in [1.29, 1.82) is 0 Å². The molecule has 0 unspecified atom stereocenters. The van der Waals surface area contributed by atoms with E-state index in [1.807, 2.05) is 5.51 Å². The summed E-state index contributed by atoms with van der Waals surface area (Å²) in [5.74, 6) is 0. The Morgan fingerprint density at radius 3 is 3.17 bits per heavy atom. The molecule has 12 heavy (non-hydrogen) atoms. The lowest BCUT2D eigenvalue weighted by atomic mass is 10.1. The van der Waals surface area contributed by atoms with E-state index in [-0.39, 0.29) is 0 Å². The van der Waals surface area contributed by atoms with Crippen molar-refractivity contribution in [3.63, 3.8) is 0 Å². The minimum atomic E-state index is 1.02. The Kier molecular flexibility index (Phi) is 1.15. The first-order chi connectivity index (χ1) is 5.95. The largest absolute Gasteiger partial charge is 0.249 e. The molecule has 3 rings (SSSR count). The highest BCUT2D eigenvalue weighted by atomic mass is 32.1. The van der Waals surface area contributed by atoms with E-state index in [1.165, 1.54) is 21.7 Å². The Hall–Kier alpha value is -1.15. The molecule has 1 aliphatic carbocycles. The van der Waals surface area contributed by atoms with Gasteiger partial charge in [0.1, 0.15) is 0 Å². The van der Waals surface area contributed by atoms with Gasteiger partial charge in [-0.15, -0.1) is 11.3 Å². The molecule has 1 aliphatic rings. The predicted octanol–water partition coefficient (Wildman–Crippen LogP) is 2.71. The molecule has 1 aromatic heterocycles. The third-order valence-corrected chi connectivity index (χ3v) is 3.16. The molecule has 0 saturated heterocycles. The molecule has 0 fully saturated rings. The van der Waals surface area contributed by atoms with Crippen LogP contribution in [0.15, 0.2) is 29.8 Å². The van der Waals surface area contributed by atoms with Crippen LogP contribution < -0.4 is 0 Å². The summed E-state index contributed by atoms with van der Waals surface area (Å²) in [7, 11) is 0. The quantitative estimate of drug-likeness (QED) is 0.509. The van der Waals surface area contributed by atoms with Gasteiger partial charge in [-0.1, -0.05) is 24.3 Å². The van der Waals surface area contributed by atoms with Crippen molar-refractivity contribution in [2.45, 2.75) is 6.42 Å². The lowest BCUT2D eigenvalue weighted by Crippen LogP contribution is -1.79. The zero-order chi connectivity index (χ0) is 7.97.